The molecule has 7 nitrogen and oxygen atoms in total. The third-order valence-electron chi connectivity index (χ3n) is 2.19. The molecule has 2 aromatic heterocycles. The topological polar surface area (TPSA) is 107 Å². The van der Waals surface area contributed by atoms with E-state index in [0.29, 0.717) is 16.4 Å². The molecular formula is C11H12ClN5O2. The molecule has 0 aliphatic carbocycles. The Bertz CT molecular complexity index is 611. The zero-order chi connectivity index (χ0) is 14.0. The molecular weight excluding hydrogens is 270 g/mol. The number of hydrogen-bond donors (Lipinski definition) is 2. The molecule has 100 valence electrons. The second kappa shape index (κ2) is 5.23. The lowest BCUT2D eigenvalue weighted by atomic mass is 10.2. The summed E-state index contributed by atoms with van der Waals surface area (Å²) in [7, 11) is 0. The predicted molar refractivity (Wildman–Crippen MR) is 69.8 cm³/mol. The fraction of sp³-hybridized carbons (Fsp3) is 0.273. The summed E-state index contributed by atoms with van der Waals surface area (Å²) in [5.41, 5.74) is 6.32. The normalized spacial score (nSPS) is 10.7. The molecule has 8 heteroatoms. The van der Waals surface area contributed by atoms with Gasteiger partial charge in [0.05, 0.1) is 11.3 Å². The van der Waals surface area contributed by atoms with Gasteiger partial charge in [0.1, 0.15) is 5.15 Å². The molecule has 0 unspecified atom stereocenters. The Labute approximate surface area is 114 Å². The van der Waals surface area contributed by atoms with Gasteiger partial charge in [0, 0.05) is 12.2 Å². The lowest BCUT2D eigenvalue weighted by Crippen LogP contribution is -2.13. The quantitative estimate of drug-likeness (QED) is 0.826. The van der Waals surface area contributed by atoms with Gasteiger partial charge >= 0.3 is 0 Å². The summed E-state index contributed by atoms with van der Waals surface area (Å²) in [6, 6.07) is 1.82. The molecule has 2 heterocycles. The van der Waals surface area contributed by atoms with E-state index in [1.165, 1.54) is 6.20 Å². The Morgan fingerprint density at radius 3 is 2.84 bits per heavy atom. The maximum Gasteiger partial charge on any atom is 0.290 e. The van der Waals surface area contributed by atoms with E-state index in [9.17, 15) is 4.79 Å². The Kier molecular flexibility index (Phi) is 3.66. The maximum atomic E-state index is 10.9. The van der Waals surface area contributed by atoms with Crippen LogP contribution >= 0.6 is 11.6 Å². The third-order valence-corrected chi connectivity index (χ3v) is 2.40. The van der Waals surface area contributed by atoms with Crippen LogP contribution in [0.3, 0.4) is 0 Å². The summed E-state index contributed by atoms with van der Waals surface area (Å²) in [6.45, 7) is 3.95. The summed E-state index contributed by atoms with van der Waals surface area (Å²) in [4.78, 5) is 18.8. The lowest BCUT2D eigenvalue weighted by molar-refractivity contribution is 0.0987. The molecule has 0 aromatic carbocycles. The fourth-order valence-corrected chi connectivity index (χ4v) is 1.62. The van der Waals surface area contributed by atoms with Gasteiger partial charge in [-0.2, -0.15) is 4.98 Å². The highest BCUT2D eigenvalue weighted by Crippen LogP contribution is 2.28. The number of nitrogens with one attached hydrogen (secondary N) is 1. The fourth-order valence-electron chi connectivity index (χ4n) is 1.46. The van der Waals surface area contributed by atoms with Gasteiger partial charge in [-0.3, -0.25) is 4.79 Å². The van der Waals surface area contributed by atoms with Gasteiger partial charge in [-0.1, -0.05) is 16.8 Å². The average molecular weight is 282 g/mol. The number of anilines is 1. The highest BCUT2D eigenvalue weighted by molar-refractivity contribution is 6.29. The first-order chi connectivity index (χ1) is 8.97. The highest BCUT2D eigenvalue weighted by Gasteiger charge is 2.17. The summed E-state index contributed by atoms with van der Waals surface area (Å²) in [6.07, 6.45) is 1.49. The van der Waals surface area contributed by atoms with Crippen LogP contribution in [0, 0.1) is 0 Å². The molecule has 0 spiro atoms. The summed E-state index contributed by atoms with van der Waals surface area (Å²) in [5.74, 6) is -0.781. The molecule has 0 saturated heterocycles. The Balaban J connectivity index is 2.45. The van der Waals surface area contributed by atoms with Crippen LogP contribution in [-0.4, -0.2) is 27.1 Å². The minimum absolute atomic E-state index is 0.154. The van der Waals surface area contributed by atoms with Crippen molar-refractivity contribution in [3.05, 3.63) is 23.2 Å². The number of nitrogens with zero attached hydrogens (tertiary/aromatic N) is 3. The second-order valence-electron chi connectivity index (χ2n) is 4.14. The largest absolute Gasteiger partial charge is 0.382 e. The highest BCUT2D eigenvalue weighted by atomic mass is 35.5. The number of carbonyl (C=O) groups is 1. The summed E-state index contributed by atoms with van der Waals surface area (Å²) in [5, 5.41) is 7.00. The van der Waals surface area contributed by atoms with E-state index >= 15 is 0 Å². The Morgan fingerprint density at radius 2 is 2.26 bits per heavy atom. The smallest absolute Gasteiger partial charge is 0.290 e. The van der Waals surface area contributed by atoms with Gasteiger partial charge in [0.2, 0.25) is 0 Å². The van der Waals surface area contributed by atoms with E-state index in [0.717, 1.165) is 0 Å². The first-order valence-corrected chi connectivity index (χ1v) is 5.91. The van der Waals surface area contributed by atoms with Gasteiger partial charge in [0.15, 0.2) is 0 Å². The maximum absolute atomic E-state index is 10.9. The predicted octanol–water partition coefficient (Wildman–Crippen LogP) is 1.70. The number of rotatable bonds is 4. The van der Waals surface area contributed by atoms with Crippen molar-refractivity contribution in [1.82, 2.24) is 15.1 Å². The monoisotopic (exact) mass is 281 g/mol. The number of nitrogens with two attached hydrogens (primary N) is 1. The molecule has 0 fully saturated rings. The minimum atomic E-state index is -0.754. The van der Waals surface area contributed by atoms with Gasteiger partial charge < -0.3 is 15.6 Å². The average Bonchev–Trinajstić information content (AvgIpc) is 2.77. The number of aromatic nitrogens is 3. The van der Waals surface area contributed by atoms with Crippen LogP contribution in [0.1, 0.15) is 24.5 Å². The minimum Gasteiger partial charge on any atom is -0.382 e. The molecule has 3 N–H and O–H groups in total. The first kappa shape index (κ1) is 13.3. The second-order valence-corrected chi connectivity index (χ2v) is 4.53. The SMILES string of the molecule is CC(C)Nc1cc(Cl)ncc1-c1nc(C(N)=O)no1. The first-order valence-electron chi connectivity index (χ1n) is 5.53. The van der Waals surface area contributed by atoms with Crippen molar-refractivity contribution < 1.29 is 9.32 Å². The number of hydrogen-bond acceptors (Lipinski definition) is 6. The molecule has 19 heavy (non-hydrogen) atoms. The molecule has 0 radical (unpaired) electrons. The Hall–Kier alpha value is -2.15. The van der Waals surface area contributed by atoms with Crippen molar-refractivity contribution in [3.63, 3.8) is 0 Å². The van der Waals surface area contributed by atoms with Crippen LogP contribution in [0.2, 0.25) is 5.15 Å². The van der Waals surface area contributed by atoms with E-state index < -0.39 is 5.91 Å². The van der Waals surface area contributed by atoms with E-state index in [1.807, 2.05) is 13.8 Å². The van der Waals surface area contributed by atoms with E-state index in [4.69, 9.17) is 21.9 Å². The molecule has 0 aliphatic rings. The van der Waals surface area contributed by atoms with Crippen molar-refractivity contribution in [3.8, 4) is 11.5 Å². The van der Waals surface area contributed by atoms with Crippen LogP contribution in [0.4, 0.5) is 5.69 Å². The zero-order valence-corrected chi connectivity index (χ0v) is 11.1. The number of amides is 1. The number of primary amides is 1. The van der Waals surface area contributed by atoms with Crippen LogP contribution in [0.5, 0.6) is 0 Å². The van der Waals surface area contributed by atoms with Crippen LogP contribution in [0.15, 0.2) is 16.8 Å². The Morgan fingerprint density at radius 1 is 1.53 bits per heavy atom. The van der Waals surface area contributed by atoms with E-state index in [2.05, 4.69) is 20.4 Å². The van der Waals surface area contributed by atoms with Crippen molar-refractivity contribution in [2.75, 3.05) is 5.32 Å². The number of pyridine rings is 1. The molecule has 0 atom stereocenters. The summed E-state index contributed by atoms with van der Waals surface area (Å²) < 4.78 is 4.99. The van der Waals surface area contributed by atoms with Gasteiger partial charge in [-0.05, 0) is 19.9 Å². The van der Waals surface area contributed by atoms with Crippen molar-refractivity contribution in [2.45, 2.75) is 19.9 Å². The van der Waals surface area contributed by atoms with E-state index in [-0.39, 0.29) is 17.8 Å². The molecule has 0 bridgehead atoms. The molecule has 2 aromatic rings. The molecule has 0 saturated carbocycles. The van der Waals surface area contributed by atoms with Crippen molar-refractivity contribution >= 4 is 23.2 Å². The zero-order valence-electron chi connectivity index (χ0n) is 10.3. The molecule has 0 aliphatic heterocycles. The van der Waals surface area contributed by atoms with Gasteiger partial charge in [-0.15, -0.1) is 0 Å². The van der Waals surface area contributed by atoms with Gasteiger partial charge in [0.25, 0.3) is 17.6 Å². The number of carbonyl (C=O) groups excluding carboxylic acids is 1. The standard InChI is InChI=1S/C11H12ClN5O2/c1-5(2)15-7-3-8(12)14-4-6(7)11-16-10(9(13)18)17-19-11/h3-5H,1-2H3,(H2,13,18)(H,14,15). The van der Waals surface area contributed by atoms with Crippen LogP contribution < -0.4 is 11.1 Å². The van der Waals surface area contributed by atoms with Crippen molar-refractivity contribution in [1.29, 1.82) is 0 Å². The van der Waals surface area contributed by atoms with Crippen LogP contribution in [0.25, 0.3) is 11.5 Å². The lowest BCUT2D eigenvalue weighted by Gasteiger charge is -2.12. The molecule has 1 amide bonds. The number of halogens is 1. The summed E-state index contributed by atoms with van der Waals surface area (Å²) >= 11 is 5.85. The van der Waals surface area contributed by atoms with Crippen LogP contribution in [-0.2, 0) is 0 Å². The van der Waals surface area contributed by atoms with Gasteiger partial charge in [-0.25, -0.2) is 4.98 Å². The van der Waals surface area contributed by atoms with E-state index in [1.54, 1.807) is 6.07 Å². The third kappa shape index (κ3) is 3.00. The van der Waals surface area contributed by atoms with Crippen molar-refractivity contribution in [2.24, 2.45) is 5.73 Å². The molecule has 2 rings (SSSR count).